The molecular weight excluding hydrogens is 251 g/mol. The van der Waals surface area contributed by atoms with Crippen LogP contribution in [0, 0.1) is 6.92 Å². The molecule has 0 N–H and O–H groups in total. The average molecular weight is 264 g/mol. The Morgan fingerprint density at radius 1 is 1.38 bits per heavy atom. The van der Waals surface area contributed by atoms with Gasteiger partial charge in [0.25, 0.3) is 0 Å². The number of rotatable bonds is 2. The molecule has 0 atom stereocenters. The van der Waals surface area contributed by atoms with Crippen LogP contribution >= 0.6 is 27.5 Å². The van der Waals surface area contributed by atoms with Gasteiger partial charge in [0, 0.05) is 0 Å². The highest BCUT2D eigenvalue weighted by molar-refractivity contribution is 9.10. The quantitative estimate of drug-likeness (QED) is 0.777. The Balaban J connectivity index is 3.10. The van der Waals surface area contributed by atoms with Gasteiger partial charge in [0.05, 0.1) is 15.6 Å². The van der Waals surface area contributed by atoms with Gasteiger partial charge in [-0.05, 0) is 48.3 Å². The monoisotopic (exact) mass is 262 g/mol. The van der Waals surface area contributed by atoms with E-state index in [4.69, 9.17) is 16.3 Å². The van der Waals surface area contributed by atoms with E-state index in [1.807, 2.05) is 32.9 Å². The molecule has 1 aromatic carbocycles. The van der Waals surface area contributed by atoms with Gasteiger partial charge in [0.2, 0.25) is 0 Å². The molecule has 0 aromatic heterocycles. The lowest BCUT2D eigenvalue weighted by Crippen LogP contribution is -2.06. The second-order valence-electron chi connectivity index (χ2n) is 3.17. The number of hydrogen-bond acceptors (Lipinski definition) is 1. The van der Waals surface area contributed by atoms with E-state index in [0.29, 0.717) is 5.02 Å². The van der Waals surface area contributed by atoms with Crippen molar-refractivity contribution in [2.75, 3.05) is 0 Å². The summed E-state index contributed by atoms with van der Waals surface area (Å²) in [6.07, 6.45) is 0.135. The summed E-state index contributed by atoms with van der Waals surface area (Å²) in [6.45, 7) is 5.91. The van der Waals surface area contributed by atoms with Crippen molar-refractivity contribution in [3.8, 4) is 5.75 Å². The second kappa shape index (κ2) is 4.34. The van der Waals surface area contributed by atoms with Crippen LogP contribution in [0.15, 0.2) is 16.6 Å². The van der Waals surface area contributed by atoms with Crippen molar-refractivity contribution in [3.63, 3.8) is 0 Å². The third-order valence-electron chi connectivity index (χ3n) is 1.60. The first kappa shape index (κ1) is 10.9. The maximum absolute atomic E-state index is 6.09. The van der Waals surface area contributed by atoms with Crippen LogP contribution in [0.4, 0.5) is 0 Å². The van der Waals surface area contributed by atoms with Gasteiger partial charge in [0.15, 0.2) is 5.75 Å². The first-order valence-electron chi connectivity index (χ1n) is 4.13. The lowest BCUT2D eigenvalue weighted by molar-refractivity contribution is 0.241. The normalized spacial score (nSPS) is 10.6. The van der Waals surface area contributed by atoms with Crippen LogP contribution in [-0.2, 0) is 0 Å². The van der Waals surface area contributed by atoms with Gasteiger partial charge in [-0.25, -0.2) is 0 Å². The molecule has 1 rings (SSSR count). The predicted octanol–water partition coefficient (Wildman–Crippen LogP) is 4.20. The Labute approximate surface area is 92.2 Å². The maximum atomic E-state index is 6.09. The molecule has 1 aromatic rings. The van der Waals surface area contributed by atoms with Crippen molar-refractivity contribution in [2.45, 2.75) is 26.9 Å². The smallest absolute Gasteiger partial charge is 0.152 e. The van der Waals surface area contributed by atoms with Crippen molar-refractivity contribution < 1.29 is 4.74 Å². The number of benzene rings is 1. The number of halogens is 2. The molecule has 3 heteroatoms. The molecule has 72 valence electrons. The standard InChI is InChI=1S/C10H12BrClO/c1-6(2)13-10-8(11)5-4-7(3)9(10)12/h4-6H,1-3H3. The minimum atomic E-state index is 0.135. The molecule has 0 aliphatic carbocycles. The molecule has 0 bridgehead atoms. The summed E-state index contributed by atoms with van der Waals surface area (Å²) < 4.78 is 6.48. The van der Waals surface area contributed by atoms with Crippen LogP contribution in [-0.4, -0.2) is 6.10 Å². The molecule has 0 fully saturated rings. The van der Waals surface area contributed by atoms with Crippen LogP contribution in [0.2, 0.25) is 5.02 Å². The van der Waals surface area contributed by atoms with E-state index >= 15 is 0 Å². The SMILES string of the molecule is Cc1ccc(Br)c(OC(C)C)c1Cl. The van der Waals surface area contributed by atoms with E-state index in [0.717, 1.165) is 15.8 Å². The number of aryl methyl sites for hydroxylation is 1. The zero-order chi connectivity index (χ0) is 10.0. The first-order chi connectivity index (χ1) is 6.02. The van der Waals surface area contributed by atoms with Crippen LogP contribution < -0.4 is 4.74 Å². The average Bonchev–Trinajstić information content (AvgIpc) is 2.05. The molecule has 0 spiro atoms. The third-order valence-corrected chi connectivity index (χ3v) is 2.69. The van der Waals surface area contributed by atoms with Crippen molar-refractivity contribution >= 4 is 27.5 Å². The van der Waals surface area contributed by atoms with E-state index in [9.17, 15) is 0 Å². The Bertz CT molecular complexity index is 310. The van der Waals surface area contributed by atoms with Crippen molar-refractivity contribution in [1.29, 1.82) is 0 Å². The molecule has 0 saturated carbocycles. The van der Waals surface area contributed by atoms with Crippen LogP contribution in [0.3, 0.4) is 0 Å². The Morgan fingerprint density at radius 2 is 2.00 bits per heavy atom. The van der Waals surface area contributed by atoms with E-state index in [1.165, 1.54) is 0 Å². The van der Waals surface area contributed by atoms with Gasteiger partial charge in [-0.3, -0.25) is 0 Å². The van der Waals surface area contributed by atoms with Gasteiger partial charge in [-0.1, -0.05) is 17.7 Å². The van der Waals surface area contributed by atoms with Gasteiger partial charge >= 0.3 is 0 Å². The van der Waals surface area contributed by atoms with Gasteiger partial charge in [0.1, 0.15) is 0 Å². The zero-order valence-corrected chi connectivity index (χ0v) is 10.2. The van der Waals surface area contributed by atoms with E-state index in [1.54, 1.807) is 0 Å². The number of ether oxygens (including phenoxy) is 1. The molecule has 1 nitrogen and oxygen atoms in total. The topological polar surface area (TPSA) is 9.23 Å². The fourth-order valence-electron chi connectivity index (χ4n) is 0.975. The summed E-state index contributed by atoms with van der Waals surface area (Å²) in [5.41, 5.74) is 1.03. The molecule has 0 saturated heterocycles. The van der Waals surface area contributed by atoms with Gasteiger partial charge in [-0.2, -0.15) is 0 Å². The van der Waals surface area contributed by atoms with Crippen LogP contribution in [0.1, 0.15) is 19.4 Å². The van der Waals surface area contributed by atoms with Crippen molar-refractivity contribution in [1.82, 2.24) is 0 Å². The maximum Gasteiger partial charge on any atom is 0.152 e. The van der Waals surface area contributed by atoms with Crippen LogP contribution in [0.25, 0.3) is 0 Å². The van der Waals surface area contributed by atoms with Gasteiger partial charge in [-0.15, -0.1) is 0 Å². The highest BCUT2D eigenvalue weighted by Crippen LogP contribution is 2.35. The highest BCUT2D eigenvalue weighted by atomic mass is 79.9. The lowest BCUT2D eigenvalue weighted by atomic mass is 10.2. The molecule has 0 radical (unpaired) electrons. The molecular formula is C10H12BrClO. The van der Waals surface area contributed by atoms with E-state index < -0.39 is 0 Å². The fourth-order valence-corrected chi connectivity index (χ4v) is 1.72. The molecule has 0 heterocycles. The lowest BCUT2D eigenvalue weighted by Gasteiger charge is -2.14. The second-order valence-corrected chi connectivity index (χ2v) is 4.41. The summed E-state index contributed by atoms with van der Waals surface area (Å²) in [7, 11) is 0. The third kappa shape index (κ3) is 2.61. The fraction of sp³-hybridized carbons (Fsp3) is 0.400. The minimum Gasteiger partial charge on any atom is -0.488 e. The zero-order valence-electron chi connectivity index (χ0n) is 7.90. The Morgan fingerprint density at radius 3 is 2.54 bits per heavy atom. The largest absolute Gasteiger partial charge is 0.488 e. The van der Waals surface area contributed by atoms with Crippen molar-refractivity contribution in [2.24, 2.45) is 0 Å². The summed E-state index contributed by atoms with van der Waals surface area (Å²) >= 11 is 9.49. The first-order valence-corrected chi connectivity index (χ1v) is 5.30. The Hall–Kier alpha value is -0.210. The molecule has 0 unspecified atom stereocenters. The minimum absolute atomic E-state index is 0.135. The summed E-state index contributed by atoms with van der Waals surface area (Å²) in [5.74, 6) is 0.733. The summed E-state index contributed by atoms with van der Waals surface area (Å²) in [6, 6.07) is 3.90. The molecule has 0 amide bonds. The summed E-state index contributed by atoms with van der Waals surface area (Å²) in [5, 5.41) is 0.683. The van der Waals surface area contributed by atoms with Crippen LogP contribution in [0.5, 0.6) is 5.75 Å². The van der Waals surface area contributed by atoms with Gasteiger partial charge < -0.3 is 4.74 Å². The molecule has 0 aliphatic heterocycles. The summed E-state index contributed by atoms with van der Waals surface area (Å²) in [4.78, 5) is 0. The van der Waals surface area contributed by atoms with Crippen molar-refractivity contribution in [3.05, 3.63) is 27.2 Å². The predicted molar refractivity (Wildman–Crippen MR) is 59.7 cm³/mol. The number of hydrogen-bond donors (Lipinski definition) is 0. The van der Waals surface area contributed by atoms with E-state index in [-0.39, 0.29) is 6.10 Å². The molecule has 13 heavy (non-hydrogen) atoms. The molecule has 0 aliphatic rings. The van der Waals surface area contributed by atoms with E-state index in [2.05, 4.69) is 15.9 Å². The highest BCUT2D eigenvalue weighted by Gasteiger charge is 2.10. The Kier molecular flexibility index (Phi) is 3.63.